The maximum atomic E-state index is 11.1. The van der Waals surface area contributed by atoms with Crippen LogP contribution in [0.4, 0.5) is 0 Å². The molecule has 1 N–H and O–H groups in total. The van der Waals surface area contributed by atoms with Gasteiger partial charge in [0.15, 0.2) is 0 Å². The van der Waals surface area contributed by atoms with Crippen LogP contribution in [0.3, 0.4) is 0 Å². The fourth-order valence-electron chi connectivity index (χ4n) is 1.91. The van der Waals surface area contributed by atoms with Gasteiger partial charge in [0, 0.05) is 12.6 Å². The molecule has 1 fully saturated rings. The van der Waals surface area contributed by atoms with E-state index in [-0.39, 0.29) is 10.8 Å². The summed E-state index contributed by atoms with van der Waals surface area (Å²) < 4.78 is 4.63. The van der Waals surface area contributed by atoms with Gasteiger partial charge in [0.25, 0.3) is 0 Å². The normalized spacial score (nSPS) is 28.8. The van der Waals surface area contributed by atoms with E-state index in [9.17, 15) is 4.79 Å². The number of carbonyl (C=O) groups excluding carboxylic acids is 1. The molecule has 14 heavy (non-hydrogen) atoms. The molecule has 0 aromatic heterocycles. The molecule has 0 spiro atoms. The molecule has 0 amide bonds. The zero-order chi connectivity index (χ0) is 10.6. The van der Waals surface area contributed by atoms with Gasteiger partial charge in [-0.15, -0.1) is 0 Å². The van der Waals surface area contributed by atoms with Crippen LogP contribution in [-0.4, -0.2) is 30.5 Å². The van der Waals surface area contributed by atoms with Crippen molar-refractivity contribution < 1.29 is 9.53 Å². The third-order valence-electron chi connectivity index (χ3n) is 2.88. The van der Waals surface area contributed by atoms with Crippen molar-refractivity contribution in [1.82, 2.24) is 5.32 Å². The predicted molar refractivity (Wildman–Crippen MR) is 59.5 cm³/mol. The van der Waals surface area contributed by atoms with Gasteiger partial charge in [0.05, 0.1) is 7.11 Å². The Morgan fingerprint density at radius 1 is 1.64 bits per heavy atom. The van der Waals surface area contributed by atoms with Crippen LogP contribution in [0.2, 0.25) is 0 Å². The summed E-state index contributed by atoms with van der Waals surface area (Å²) in [6.07, 6.45) is 3.81. The van der Waals surface area contributed by atoms with E-state index >= 15 is 0 Å². The molecule has 0 aliphatic heterocycles. The second kappa shape index (κ2) is 5.71. The van der Waals surface area contributed by atoms with Crippen molar-refractivity contribution in [3.05, 3.63) is 0 Å². The zero-order valence-corrected chi connectivity index (χ0v) is 10.3. The maximum absolute atomic E-state index is 11.1. The van der Waals surface area contributed by atoms with E-state index in [1.54, 1.807) is 0 Å². The standard InChI is InChI=1S/C10H18BrNO2/c1-7-4-3-5-9(7)12-6-8(11)10(13)14-2/h7-9,12H,3-6H2,1-2H3. The Morgan fingerprint density at radius 2 is 2.36 bits per heavy atom. The van der Waals surface area contributed by atoms with E-state index in [1.165, 1.54) is 26.4 Å². The monoisotopic (exact) mass is 263 g/mol. The molecule has 1 saturated carbocycles. The Kier molecular flexibility index (Phi) is 4.89. The smallest absolute Gasteiger partial charge is 0.320 e. The van der Waals surface area contributed by atoms with Gasteiger partial charge < -0.3 is 10.1 Å². The van der Waals surface area contributed by atoms with Gasteiger partial charge in [-0.25, -0.2) is 0 Å². The number of hydrogen-bond donors (Lipinski definition) is 1. The molecule has 4 heteroatoms. The highest BCUT2D eigenvalue weighted by Crippen LogP contribution is 2.24. The van der Waals surface area contributed by atoms with Crippen molar-refractivity contribution >= 4 is 21.9 Å². The molecule has 0 aromatic carbocycles. The third-order valence-corrected chi connectivity index (χ3v) is 3.58. The molecule has 0 saturated heterocycles. The van der Waals surface area contributed by atoms with Crippen molar-refractivity contribution in [2.24, 2.45) is 5.92 Å². The van der Waals surface area contributed by atoms with Crippen molar-refractivity contribution in [3.8, 4) is 0 Å². The summed E-state index contributed by atoms with van der Waals surface area (Å²) in [6.45, 7) is 2.91. The van der Waals surface area contributed by atoms with Gasteiger partial charge in [-0.2, -0.15) is 0 Å². The molecular formula is C10H18BrNO2. The topological polar surface area (TPSA) is 38.3 Å². The molecular weight excluding hydrogens is 246 g/mol. The van der Waals surface area contributed by atoms with Crippen LogP contribution in [0.5, 0.6) is 0 Å². The van der Waals surface area contributed by atoms with Crippen LogP contribution in [-0.2, 0) is 9.53 Å². The minimum atomic E-state index is -0.222. The van der Waals surface area contributed by atoms with Crippen molar-refractivity contribution in [2.45, 2.75) is 37.1 Å². The molecule has 3 unspecified atom stereocenters. The van der Waals surface area contributed by atoms with Gasteiger partial charge >= 0.3 is 5.97 Å². The molecule has 0 radical (unpaired) electrons. The molecule has 0 aromatic rings. The molecule has 1 aliphatic rings. The van der Waals surface area contributed by atoms with E-state index < -0.39 is 0 Å². The quantitative estimate of drug-likeness (QED) is 0.620. The fourth-order valence-corrected chi connectivity index (χ4v) is 2.29. The van der Waals surface area contributed by atoms with Gasteiger partial charge in [0.2, 0.25) is 0 Å². The van der Waals surface area contributed by atoms with E-state index in [2.05, 4.69) is 32.9 Å². The number of methoxy groups -OCH3 is 1. The van der Waals surface area contributed by atoms with Crippen LogP contribution in [0.1, 0.15) is 26.2 Å². The van der Waals surface area contributed by atoms with Crippen LogP contribution in [0.25, 0.3) is 0 Å². The Hall–Kier alpha value is -0.0900. The van der Waals surface area contributed by atoms with Crippen molar-refractivity contribution in [2.75, 3.05) is 13.7 Å². The highest BCUT2D eigenvalue weighted by atomic mass is 79.9. The summed E-state index contributed by atoms with van der Waals surface area (Å²) in [5, 5.41) is 3.40. The van der Waals surface area contributed by atoms with Crippen LogP contribution < -0.4 is 5.32 Å². The number of hydrogen-bond acceptors (Lipinski definition) is 3. The lowest BCUT2D eigenvalue weighted by Gasteiger charge is -2.18. The minimum absolute atomic E-state index is 0.205. The largest absolute Gasteiger partial charge is 0.468 e. The lowest BCUT2D eigenvalue weighted by Crippen LogP contribution is -2.38. The highest BCUT2D eigenvalue weighted by molar-refractivity contribution is 9.10. The van der Waals surface area contributed by atoms with E-state index in [1.807, 2.05) is 0 Å². The molecule has 0 bridgehead atoms. The first-order chi connectivity index (χ1) is 6.65. The van der Waals surface area contributed by atoms with E-state index in [0.717, 1.165) is 5.92 Å². The number of esters is 1. The third kappa shape index (κ3) is 3.24. The molecule has 0 heterocycles. The Bertz CT molecular complexity index is 199. The fraction of sp³-hybridized carbons (Fsp3) is 0.900. The van der Waals surface area contributed by atoms with Crippen LogP contribution in [0, 0.1) is 5.92 Å². The number of ether oxygens (including phenoxy) is 1. The molecule has 3 nitrogen and oxygen atoms in total. The maximum Gasteiger partial charge on any atom is 0.320 e. The average molecular weight is 264 g/mol. The van der Waals surface area contributed by atoms with Gasteiger partial charge in [-0.3, -0.25) is 4.79 Å². The molecule has 1 aliphatic carbocycles. The highest BCUT2D eigenvalue weighted by Gasteiger charge is 2.24. The Morgan fingerprint density at radius 3 is 2.86 bits per heavy atom. The second-order valence-corrected chi connectivity index (χ2v) is 5.02. The van der Waals surface area contributed by atoms with Crippen LogP contribution in [0.15, 0.2) is 0 Å². The number of carbonyl (C=O) groups is 1. The summed E-state index contributed by atoms with van der Waals surface area (Å²) in [5.41, 5.74) is 0. The van der Waals surface area contributed by atoms with Gasteiger partial charge in [0.1, 0.15) is 4.83 Å². The first-order valence-corrected chi connectivity index (χ1v) is 6.02. The van der Waals surface area contributed by atoms with Gasteiger partial charge in [-0.1, -0.05) is 29.3 Å². The number of alkyl halides is 1. The molecule has 3 atom stereocenters. The molecule has 1 rings (SSSR count). The Labute approximate surface area is 93.7 Å². The summed E-state index contributed by atoms with van der Waals surface area (Å²) in [4.78, 5) is 10.9. The first kappa shape index (κ1) is 12.0. The number of nitrogens with one attached hydrogen (secondary N) is 1. The summed E-state index contributed by atoms with van der Waals surface area (Å²) in [5.74, 6) is 0.524. The van der Waals surface area contributed by atoms with Crippen molar-refractivity contribution in [1.29, 1.82) is 0 Å². The first-order valence-electron chi connectivity index (χ1n) is 5.10. The van der Waals surface area contributed by atoms with E-state index in [0.29, 0.717) is 12.6 Å². The SMILES string of the molecule is COC(=O)C(Br)CNC1CCCC1C. The average Bonchev–Trinajstić information content (AvgIpc) is 2.59. The van der Waals surface area contributed by atoms with Crippen molar-refractivity contribution in [3.63, 3.8) is 0 Å². The lowest BCUT2D eigenvalue weighted by atomic mass is 10.1. The minimum Gasteiger partial charge on any atom is -0.468 e. The summed E-state index contributed by atoms with van der Waals surface area (Å²) >= 11 is 3.29. The second-order valence-electron chi connectivity index (χ2n) is 3.91. The Balaban J connectivity index is 2.22. The number of halogens is 1. The summed E-state index contributed by atoms with van der Waals surface area (Å²) in [6, 6.07) is 0.569. The predicted octanol–water partition coefficient (Wildman–Crippen LogP) is 1.70. The lowest BCUT2D eigenvalue weighted by molar-refractivity contribution is -0.139. The summed E-state index contributed by atoms with van der Waals surface area (Å²) in [7, 11) is 1.41. The van der Waals surface area contributed by atoms with Crippen LogP contribution >= 0.6 is 15.9 Å². The number of rotatable bonds is 4. The van der Waals surface area contributed by atoms with Gasteiger partial charge in [-0.05, 0) is 18.8 Å². The van der Waals surface area contributed by atoms with E-state index in [4.69, 9.17) is 0 Å². The zero-order valence-electron chi connectivity index (χ0n) is 8.75. The molecule has 82 valence electrons.